The monoisotopic (exact) mass is 193 g/mol. The van der Waals surface area contributed by atoms with Crippen LogP contribution in [0.4, 0.5) is 0 Å². The van der Waals surface area contributed by atoms with Crippen LogP contribution in [0.15, 0.2) is 0 Å². The highest BCUT2D eigenvalue weighted by Crippen LogP contribution is 2.31. The first-order chi connectivity index (χ1) is 5.63. The number of rotatable bonds is 3. The smallest absolute Gasteiger partial charge is 0.372 e. The largest absolute Gasteiger partial charge is 0.695 e. The fourth-order valence-electron chi connectivity index (χ4n) is 1.51. The van der Waals surface area contributed by atoms with Gasteiger partial charge in [-0.15, -0.1) is 9.42 Å². The van der Waals surface area contributed by atoms with E-state index in [9.17, 15) is 4.57 Å². The second-order valence-corrected chi connectivity index (χ2v) is 3.70. The molecule has 0 amide bonds. The van der Waals surface area contributed by atoms with Crippen LogP contribution in [-0.4, -0.2) is 23.2 Å². The van der Waals surface area contributed by atoms with Crippen molar-refractivity contribution in [1.82, 2.24) is 0 Å². The number of hydrogen-bond acceptors (Lipinski definition) is 3. The molecule has 12 heavy (non-hydrogen) atoms. The predicted molar refractivity (Wildman–Crippen MR) is 43.9 cm³/mol. The third-order valence-electron chi connectivity index (χ3n) is 2.01. The molecular formula is C7H14O4P+. The summed E-state index contributed by atoms with van der Waals surface area (Å²) in [4.78, 5) is 8.54. The molecule has 1 aliphatic heterocycles. The molecule has 1 saturated heterocycles. The Hall–Kier alpha value is -0.0200. The highest BCUT2D eigenvalue weighted by atomic mass is 31.1. The first-order valence-electron chi connectivity index (χ1n) is 4.11. The molecule has 0 aromatic rings. The van der Waals surface area contributed by atoms with Gasteiger partial charge < -0.3 is 4.74 Å². The van der Waals surface area contributed by atoms with Gasteiger partial charge in [0.2, 0.25) is 0 Å². The van der Waals surface area contributed by atoms with E-state index in [1.807, 2.05) is 13.8 Å². The number of hydrogen-bond donors (Lipinski definition) is 1. The lowest BCUT2D eigenvalue weighted by Crippen LogP contribution is -2.21. The van der Waals surface area contributed by atoms with E-state index < -0.39 is 8.25 Å². The molecule has 4 unspecified atom stereocenters. The molecule has 1 rings (SSSR count). The summed E-state index contributed by atoms with van der Waals surface area (Å²) in [6, 6.07) is 0. The lowest BCUT2D eigenvalue weighted by Gasteiger charge is -2.09. The van der Waals surface area contributed by atoms with Gasteiger partial charge in [-0.25, -0.2) is 0 Å². The molecule has 0 aromatic carbocycles. The van der Waals surface area contributed by atoms with Gasteiger partial charge in [-0.1, -0.05) is 6.92 Å². The Kier molecular flexibility index (Phi) is 3.59. The molecule has 0 aliphatic carbocycles. The minimum atomic E-state index is -2.49. The molecule has 1 heterocycles. The van der Waals surface area contributed by atoms with Gasteiger partial charge in [-0.3, -0.25) is 0 Å². The predicted octanol–water partition coefficient (Wildman–Crippen LogP) is 1.61. The van der Waals surface area contributed by atoms with Crippen molar-refractivity contribution in [2.75, 3.05) is 0 Å². The molecular weight excluding hydrogens is 179 g/mol. The Balaban J connectivity index is 2.46. The van der Waals surface area contributed by atoms with Gasteiger partial charge in [-0.05, 0) is 13.3 Å². The lowest BCUT2D eigenvalue weighted by atomic mass is 10.1. The van der Waals surface area contributed by atoms with Crippen LogP contribution in [0.1, 0.15) is 26.7 Å². The maximum atomic E-state index is 10.4. The first kappa shape index (κ1) is 10.1. The maximum Gasteiger partial charge on any atom is 0.695 e. The van der Waals surface area contributed by atoms with E-state index in [1.165, 1.54) is 0 Å². The van der Waals surface area contributed by atoms with Crippen molar-refractivity contribution in [3.63, 3.8) is 0 Å². The zero-order valence-electron chi connectivity index (χ0n) is 7.27. The van der Waals surface area contributed by atoms with Gasteiger partial charge in [-0.2, -0.15) is 0 Å². The van der Waals surface area contributed by atoms with Crippen molar-refractivity contribution in [2.24, 2.45) is 0 Å². The van der Waals surface area contributed by atoms with E-state index >= 15 is 0 Å². The minimum absolute atomic E-state index is 0.0221. The SMILES string of the molecule is CCC1OC(C)CC1O[P+](=O)O. The molecule has 0 spiro atoms. The van der Waals surface area contributed by atoms with Gasteiger partial charge in [0.05, 0.1) is 12.2 Å². The van der Waals surface area contributed by atoms with Crippen LogP contribution in [0.3, 0.4) is 0 Å². The summed E-state index contributed by atoms with van der Waals surface area (Å²) in [6.07, 6.45) is 1.43. The van der Waals surface area contributed by atoms with Crippen LogP contribution in [0, 0.1) is 0 Å². The van der Waals surface area contributed by atoms with E-state index in [4.69, 9.17) is 14.2 Å². The molecule has 1 aliphatic rings. The number of ether oxygens (including phenoxy) is 1. The Morgan fingerprint density at radius 1 is 1.75 bits per heavy atom. The van der Waals surface area contributed by atoms with Crippen LogP contribution < -0.4 is 0 Å². The summed E-state index contributed by atoms with van der Waals surface area (Å²) in [5.74, 6) is 0. The molecule has 0 aromatic heterocycles. The van der Waals surface area contributed by atoms with E-state index in [1.54, 1.807) is 0 Å². The Morgan fingerprint density at radius 3 is 2.92 bits per heavy atom. The third kappa shape index (κ3) is 2.49. The van der Waals surface area contributed by atoms with Crippen molar-refractivity contribution < 1.29 is 18.7 Å². The van der Waals surface area contributed by atoms with E-state index in [0.717, 1.165) is 6.42 Å². The van der Waals surface area contributed by atoms with Crippen LogP contribution in [0.5, 0.6) is 0 Å². The molecule has 0 radical (unpaired) electrons. The van der Waals surface area contributed by atoms with Gasteiger partial charge in [0, 0.05) is 11.0 Å². The average Bonchev–Trinajstić information content (AvgIpc) is 2.29. The normalized spacial score (nSPS) is 36.9. The summed E-state index contributed by atoms with van der Waals surface area (Å²) >= 11 is 0. The van der Waals surface area contributed by atoms with E-state index in [0.29, 0.717) is 6.42 Å². The molecule has 5 heteroatoms. The molecule has 4 nitrogen and oxygen atoms in total. The van der Waals surface area contributed by atoms with Gasteiger partial charge in [0.25, 0.3) is 0 Å². The summed E-state index contributed by atoms with van der Waals surface area (Å²) in [5.41, 5.74) is 0. The Labute approximate surface area is 72.8 Å². The zero-order chi connectivity index (χ0) is 9.14. The van der Waals surface area contributed by atoms with Crippen LogP contribution in [0.2, 0.25) is 0 Å². The van der Waals surface area contributed by atoms with Crippen molar-refractivity contribution in [3.8, 4) is 0 Å². The zero-order valence-corrected chi connectivity index (χ0v) is 8.16. The van der Waals surface area contributed by atoms with E-state index in [2.05, 4.69) is 0 Å². The fourth-order valence-corrected chi connectivity index (χ4v) is 1.96. The summed E-state index contributed by atoms with van der Waals surface area (Å²) < 4.78 is 20.7. The van der Waals surface area contributed by atoms with E-state index in [-0.39, 0.29) is 18.3 Å². The highest BCUT2D eigenvalue weighted by Gasteiger charge is 2.38. The van der Waals surface area contributed by atoms with Crippen molar-refractivity contribution in [3.05, 3.63) is 0 Å². The van der Waals surface area contributed by atoms with Crippen molar-refractivity contribution in [1.29, 1.82) is 0 Å². The molecule has 70 valence electrons. The van der Waals surface area contributed by atoms with Gasteiger partial charge >= 0.3 is 8.25 Å². The fraction of sp³-hybridized carbons (Fsp3) is 1.00. The molecule has 1 fully saturated rings. The molecule has 0 saturated carbocycles. The Bertz CT molecular complexity index is 173. The highest BCUT2D eigenvalue weighted by molar-refractivity contribution is 7.32. The minimum Gasteiger partial charge on any atom is -0.372 e. The van der Waals surface area contributed by atoms with Crippen molar-refractivity contribution in [2.45, 2.75) is 45.0 Å². The summed E-state index contributed by atoms with van der Waals surface area (Å²) in [7, 11) is -2.49. The second-order valence-electron chi connectivity index (χ2n) is 3.01. The van der Waals surface area contributed by atoms with Gasteiger partial charge in [0.15, 0.2) is 0 Å². The van der Waals surface area contributed by atoms with Crippen molar-refractivity contribution >= 4 is 8.25 Å². The topological polar surface area (TPSA) is 55.8 Å². The second kappa shape index (κ2) is 4.28. The summed E-state index contributed by atoms with van der Waals surface area (Å²) in [5, 5.41) is 0. The summed E-state index contributed by atoms with van der Waals surface area (Å²) in [6.45, 7) is 3.92. The van der Waals surface area contributed by atoms with Gasteiger partial charge in [0.1, 0.15) is 6.10 Å². The molecule has 1 N–H and O–H groups in total. The quantitative estimate of drug-likeness (QED) is 0.692. The molecule has 0 bridgehead atoms. The first-order valence-corrected chi connectivity index (χ1v) is 5.25. The van der Waals surface area contributed by atoms with Crippen LogP contribution >= 0.6 is 8.25 Å². The van der Waals surface area contributed by atoms with Crippen LogP contribution in [0.25, 0.3) is 0 Å². The average molecular weight is 193 g/mol. The molecule has 4 atom stereocenters. The lowest BCUT2D eigenvalue weighted by molar-refractivity contribution is 0.0209. The Morgan fingerprint density at radius 2 is 2.42 bits per heavy atom. The van der Waals surface area contributed by atoms with Crippen LogP contribution in [-0.2, 0) is 13.8 Å². The maximum absolute atomic E-state index is 10.4. The third-order valence-corrected chi connectivity index (χ3v) is 2.47. The standard InChI is InChI=1S/C7H13O4P/c1-3-6-7(11-12(8)9)4-5(2)10-6/h5-7H,3-4H2,1-2H3/p+1.